The Hall–Kier alpha value is -2.59. The molecule has 0 radical (unpaired) electrons. The Bertz CT molecular complexity index is 751. The quantitative estimate of drug-likeness (QED) is 0.807. The number of ether oxygens (including phenoxy) is 2. The molecule has 22 heavy (non-hydrogen) atoms. The summed E-state index contributed by atoms with van der Waals surface area (Å²) in [4.78, 5) is 17.8. The maximum absolute atomic E-state index is 11.9. The van der Waals surface area contributed by atoms with E-state index >= 15 is 0 Å². The molecule has 0 bridgehead atoms. The third kappa shape index (κ3) is 2.87. The first-order valence-electron chi connectivity index (χ1n) is 6.62. The van der Waals surface area contributed by atoms with Crippen molar-refractivity contribution in [3.63, 3.8) is 0 Å². The molecular formula is C15H13N3O3S. The van der Waals surface area contributed by atoms with Crippen LogP contribution in [-0.4, -0.2) is 36.2 Å². The molecule has 0 saturated heterocycles. The zero-order valence-electron chi connectivity index (χ0n) is 11.9. The fourth-order valence-electron chi connectivity index (χ4n) is 2.03. The molecule has 0 atom stereocenters. The van der Waals surface area contributed by atoms with E-state index in [4.69, 9.17) is 14.7 Å². The molecule has 1 aliphatic rings. The predicted octanol–water partition coefficient (Wildman–Crippen LogP) is 2.06. The Morgan fingerprint density at radius 3 is 3.09 bits per heavy atom. The molecule has 0 aliphatic carbocycles. The van der Waals surface area contributed by atoms with Crippen LogP contribution in [0.25, 0.3) is 10.6 Å². The van der Waals surface area contributed by atoms with Crippen molar-refractivity contribution in [3.8, 4) is 28.1 Å². The van der Waals surface area contributed by atoms with Crippen molar-refractivity contribution in [1.82, 2.24) is 9.88 Å². The van der Waals surface area contributed by atoms with Gasteiger partial charge in [-0.3, -0.25) is 4.79 Å². The van der Waals surface area contributed by atoms with E-state index in [2.05, 4.69) is 4.98 Å². The lowest BCUT2D eigenvalue weighted by Gasteiger charge is -2.11. The number of thiazole rings is 1. The van der Waals surface area contributed by atoms with Gasteiger partial charge in [0.2, 0.25) is 12.7 Å². The summed E-state index contributed by atoms with van der Waals surface area (Å²) in [6.07, 6.45) is 0.194. The van der Waals surface area contributed by atoms with Crippen LogP contribution in [0, 0.1) is 11.3 Å². The van der Waals surface area contributed by atoms with Crippen LogP contribution in [-0.2, 0) is 11.2 Å². The van der Waals surface area contributed by atoms with Crippen LogP contribution in [0.3, 0.4) is 0 Å². The van der Waals surface area contributed by atoms with Crippen LogP contribution in [0.4, 0.5) is 0 Å². The number of nitrogens with zero attached hydrogens (tertiary/aromatic N) is 3. The molecule has 0 saturated carbocycles. The summed E-state index contributed by atoms with van der Waals surface area (Å²) in [7, 11) is 1.61. The van der Waals surface area contributed by atoms with Crippen LogP contribution < -0.4 is 9.47 Å². The third-order valence-electron chi connectivity index (χ3n) is 3.24. The molecule has 7 heteroatoms. The smallest absolute Gasteiger partial charge is 0.231 e. The largest absolute Gasteiger partial charge is 0.454 e. The van der Waals surface area contributed by atoms with Gasteiger partial charge < -0.3 is 14.4 Å². The number of fused-ring (bicyclic) bond motifs is 1. The normalized spacial score (nSPS) is 12.0. The van der Waals surface area contributed by atoms with Gasteiger partial charge in [-0.2, -0.15) is 5.26 Å². The van der Waals surface area contributed by atoms with E-state index in [1.54, 1.807) is 7.05 Å². The van der Waals surface area contributed by atoms with Gasteiger partial charge in [0.1, 0.15) is 11.6 Å². The maximum Gasteiger partial charge on any atom is 0.231 e. The third-order valence-corrected chi connectivity index (χ3v) is 4.18. The van der Waals surface area contributed by atoms with Gasteiger partial charge in [0, 0.05) is 18.0 Å². The minimum atomic E-state index is -0.121. The van der Waals surface area contributed by atoms with Gasteiger partial charge in [-0.05, 0) is 18.2 Å². The van der Waals surface area contributed by atoms with E-state index in [9.17, 15) is 4.79 Å². The van der Waals surface area contributed by atoms with Crippen LogP contribution in [0.5, 0.6) is 11.5 Å². The molecule has 1 aromatic heterocycles. The molecule has 0 spiro atoms. The molecular weight excluding hydrogens is 302 g/mol. The minimum Gasteiger partial charge on any atom is -0.454 e. The van der Waals surface area contributed by atoms with E-state index in [0.717, 1.165) is 16.3 Å². The molecule has 1 amide bonds. The molecule has 1 aromatic carbocycles. The van der Waals surface area contributed by atoms with Gasteiger partial charge >= 0.3 is 0 Å². The molecule has 0 N–H and O–H groups in total. The summed E-state index contributed by atoms with van der Waals surface area (Å²) in [5.74, 6) is 1.32. The van der Waals surface area contributed by atoms with Crippen molar-refractivity contribution >= 4 is 17.2 Å². The first kappa shape index (κ1) is 14.4. The van der Waals surface area contributed by atoms with Crippen molar-refractivity contribution in [2.75, 3.05) is 20.4 Å². The highest BCUT2D eigenvalue weighted by molar-refractivity contribution is 7.13. The Kier molecular flexibility index (Phi) is 3.94. The number of hydrogen-bond donors (Lipinski definition) is 0. The Morgan fingerprint density at radius 2 is 2.27 bits per heavy atom. The molecule has 3 rings (SSSR count). The first-order valence-corrected chi connectivity index (χ1v) is 7.50. The van der Waals surface area contributed by atoms with Crippen LogP contribution in [0.15, 0.2) is 23.6 Å². The van der Waals surface area contributed by atoms with Crippen molar-refractivity contribution in [2.45, 2.75) is 6.42 Å². The van der Waals surface area contributed by atoms with Crippen LogP contribution >= 0.6 is 11.3 Å². The predicted molar refractivity (Wildman–Crippen MR) is 80.6 cm³/mol. The topological polar surface area (TPSA) is 75.5 Å². The second kappa shape index (κ2) is 6.03. The monoisotopic (exact) mass is 315 g/mol. The SMILES string of the molecule is CN(CC#N)C(=O)Cc1csc(-c2ccc3c(c2)OCO3)n1. The van der Waals surface area contributed by atoms with Crippen molar-refractivity contribution in [2.24, 2.45) is 0 Å². The van der Waals surface area contributed by atoms with Crippen molar-refractivity contribution < 1.29 is 14.3 Å². The first-order chi connectivity index (χ1) is 10.7. The van der Waals surface area contributed by atoms with Gasteiger partial charge in [0.05, 0.1) is 18.2 Å². The number of aromatic nitrogens is 1. The Morgan fingerprint density at radius 1 is 1.45 bits per heavy atom. The molecule has 0 fully saturated rings. The van der Waals surface area contributed by atoms with E-state index in [1.807, 2.05) is 29.6 Å². The van der Waals surface area contributed by atoms with Crippen molar-refractivity contribution in [3.05, 3.63) is 29.3 Å². The van der Waals surface area contributed by atoms with E-state index in [0.29, 0.717) is 11.4 Å². The Labute approximate surface area is 131 Å². The van der Waals surface area contributed by atoms with Gasteiger partial charge in [-0.25, -0.2) is 4.98 Å². The van der Waals surface area contributed by atoms with Crippen molar-refractivity contribution in [1.29, 1.82) is 5.26 Å². The average Bonchev–Trinajstić information content (AvgIpc) is 3.15. The van der Waals surface area contributed by atoms with E-state index in [1.165, 1.54) is 16.2 Å². The fourth-order valence-corrected chi connectivity index (χ4v) is 2.85. The van der Waals surface area contributed by atoms with Crippen LogP contribution in [0.1, 0.15) is 5.69 Å². The summed E-state index contributed by atoms with van der Waals surface area (Å²) in [6.45, 7) is 0.319. The molecule has 2 heterocycles. The lowest BCUT2D eigenvalue weighted by atomic mass is 10.2. The zero-order chi connectivity index (χ0) is 15.5. The molecule has 2 aromatic rings. The number of amides is 1. The second-order valence-electron chi connectivity index (χ2n) is 4.80. The summed E-state index contributed by atoms with van der Waals surface area (Å²) in [5, 5.41) is 11.3. The standard InChI is InChI=1S/C15H13N3O3S/c1-18(5-4-16)14(19)7-11-8-22-15(17-11)10-2-3-12-13(6-10)21-9-20-12/h2-3,6,8H,5,7,9H2,1H3. The lowest BCUT2D eigenvalue weighted by Crippen LogP contribution is -2.28. The lowest BCUT2D eigenvalue weighted by molar-refractivity contribution is -0.128. The summed E-state index contributed by atoms with van der Waals surface area (Å²) >= 11 is 1.47. The molecule has 1 aliphatic heterocycles. The number of nitriles is 1. The highest BCUT2D eigenvalue weighted by Crippen LogP contribution is 2.36. The van der Waals surface area contributed by atoms with E-state index < -0.39 is 0 Å². The molecule has 6 nitrogen and oxygen atoms in total. The molecule has 112 valence electrons. The maximum atomic E-state index is 11.9. The van der Waals surface area contributed by atoms with Gasteiger partial charge in [-0.1, -0.05) is 0 Å². The van der Waals surface area contributed by atoms with Gasteiger partial charge in [-0.15, -0.1) is 11.3 Å². The minimum absolute atomic E-state index is 0.0813. The highest BCUT2D eigenvalue weighted by atomic mass is 32.1. The number of benzene rings is 1. The van der Waals surface area contributed by atoms with Gasteiger partial charge in [0.15, 0.2) is 11.5 Å². The fraction of sp³-hybridized carbons (Fsp3) is 0.267. The zero-order valence-corrected chi connectivity index (χ0v) is 12.7. The van der Waals surface area contributed by atoms with E-state index in [-0.39, 0.29) is 25.7 Å². The summed E-state index contributed by atoms with van der Waals surface area (Å²) in [5.41, 5.74) is 1.63. The number of hydrogen-bond acceptors (Lipinski definition) is 6. The summed E-state index contributed by atoms with van der Waals surface area (Å²) in [6, 6.07) is 7.60. The number of likely N-dealkylation sites (N-methyl/N-ethyl adjacent to an activating group) is 1. The summed E-state index contributed by atoms with van der Waals surface area (Å²) < 4.78 is 10.6. The van der Waals surface area contributed by atoms with Crippen LogP contribution in [0.2, 0.25) is 0 Å². The number of rotatable bonds is 4. The number of carbonyl (C=O) groups is 1. The Balaban J connectivity index is 1.74. The van der Waals surface area contributed by atoms with Gasteiger partial charge in [0.25, 0.3) is 0 Å². The second-order valence-corrected chi connectivity index (χ2v) is 5.65. The number of carbonyl (C=O) groups excluding carboxylic acids is 1. The average molecular weight is 315 g/mol. The molecule has 0 unspecified atom stereocenters. The highest BCUT2D eigenvalue weighted by Gasteiger charge is 2.16.